The first-order valence-electron chi connectivity index (χ1n) is 7.22. The maximum absolute atomic E-state index is 12.5. The van der Waals surface area contributed by atoms with Crippen molar-refractivity contribution >= 4 is 11.9 Å². The van der Waals surface area contributed by atoms with Gasteiger partial charge in [-0.1, -0.05) is 13.3 Å². The molecule has 1 saturated heterocycles. The van der Waals surface area contributed by atoms with Gasteiger partial charge in [-0.2, -0.15) is 0 Å². The Morgan fingerprint density at radius 1 is 1.40 bits per heavy atom. The van der Waals surface area contributed by atoms with Crippen molar-refractivity contribution in [2.45, 2.75) is 39.7 Å². The fourth-order valence-electron chi connectivity index (χ4n) is 3.06. The van der Waals surface area contributed by atoms with Crippen LogP contribution in [0.1, 0.15) is 43.6 Å². The highest BCUT2D eigenvalue weighted by Crippen LogP contribution is 2.36. The summed E-state index contributed by atoms with van der Waals surface area (Å²) in [6.07, 6.45) is 3.87. The third-order valence-corrected chi connectivity index (χ3v) is 4.21. The summed E-state index contributed by atoms with van der Waals surface area (Å²) in [6.45, 7) is 5.56. The van der Waals surface area contributed by atoms with E-state index in [0.29, 0.717) is 31.6 Å². The van der Waals surface area contributed by atoms with Crippen LogP contribution >= 0.6 is 0 Å². The van der Waals surface area contributed by atoms with Crippen LogP contribution in [0.4, 0.5) is 0 Å². The third kappa shape index (κ3) is 2.44. The van der Waals surface area contributed by atoms with Gasteiger partial charge in [-0.25, -0.2) is 0 Å². The molecule has 1 unspecified atom stereocenters. The molecule has 1 atom stereocenters. The van der Waals surface area contributed by atoms with Crippen molar-refractivity contribution in [1.29, 1.82) is 0 Å². The van der Waals surface area contributed by atoms with Crippen molar-refractivity contribution in [2.75, 3.05) is 13.1 Å². The molecule has 110 valence electrons. The first-order valence-corrected chi connectivity index (χ1v) is 7.22. The molecule has 0 saturated carbocycles. The van der Waals surface area contributed by atoms with Crippen LogP contribution in [-0.4, -0.2) is 39.5 Å². The van der Waals surface area contributed by atoms with Crippen LogP contribution in [0.3, 0.4) is 0 Å². The molecule has 1 aromatic rings. The van der Waals surface area contributed by atoms with Gasteiger partial charge in [0.05, 0.1) is 5.41 Å². The molecule has 1 aliphatic heterocycles. The lowest BCUT2D eigenvalue weighted by Crippen LogP contribution is -2.37. The molecule has 0 aromatic carbocycles. The molecule has 5 nitrogen and oxygen atoms in total. The van der Waals surface area contributed by atoms with E-state index in [1.807, 2.05) is 30.7 Å². The summed E-state index contributed by atoms with van der Waals surface area (Å²) in [5, 5.41) is 9.48. The number of carbonyl (C=O) groups excluding carboxylic acids is 1. The molecular weight excluding hydrogens is 256 g/mol. The summed E-state index contributed by atoms with van der Waals surface area (Å²) in [6, 6.07) is 3.65. The molecule has 2 rings (SSSR count). The van der Waals surface area contributed by atoms with Crippen LogP contribution in [0.5, 0.6) is 0 Å². The minimum atomic E-state index is -0.777. The average molecular weight is 278 g/mol. The molecule has 1 fully saturated rings. The van der Waals surface area contributed by atoms with E-state index < -0.39 is 11.4 Å². The minimum Gasteiger partial charge on any atom is -0.481 e. The lowest BCUT2D eigenvalue weighted by atomic mass is 9.83. The monoisotopic (exact) mass is 278 g/mol. The second-order valence-corrected chi connectivity index (χ2v) is 5.49. The molecule has 2 heterocycles. The Morgan fingerprint density at radius 3 is 2.75 bits per heavy atom. The molecule has 5 heteroatoms. The van der Waals surface area contributed by atoms with Crippen LogP contribution in [0.15, 0.2) is 18.3 Å². The Balaban J connectivity index is 2.16. The maximum atomic E-state index is 12.5. The molecule has 1 aromatic heterocycles. The number of aromatic nitrogens is 1. The number of carbonyl (C=O) groups is 2. The Kier molecular flexibility index (Phi) is 4.16. The van der Waals surface area contributed by atoms with Crippen LogP contribution in [-0.2, 0) is 11.3 Å². The van der Waals surface area contributed by atoms with Crippen molar-refractivity contribution in [3.05, 3.63) is 24.0 Å². The van der Waals surface area contributed by atoms with Gasteiger partial charge in [0.2, 0.25) is 0 Å². The van der Waals surface area contributed by atoms with Crippen molar-refractivity contribution in [2.24, 2.45) is 5.41 Å². The zero-order valence-electron chi connectivity index (χ0n) is 12.1. The Bertz CT molecular complexity index is 509. The number of hydrogen-bond acceptors (Lipinski definition) is 2. The highest BCUT2D eigenvalue weighted by molar-refractivity contribution is 5.93. The predicted molar refractivity (Wildman–Crippen MR) is 75.6 cm³/mol. The topological polar surface area (TPSA) is 62.5 Å². The van der Waals surface area contributed by atoms with Gasteiger partial charge in [0.15, 0.2) is 0 Å². The summed E-state index contributed by atoms with van der Waals surface area (Å²) in [4.78, 5) is 25.7. The predicted octanol–water partition coefficient (Wildman–Crippen LogP) is 2.23. The highest BCUT2D eigenvalue weighted by atomic mass is 16.4. The summed E-state index contributed by atoms with van der Waals surface area (Å²) < 4.78 is 1.89. The van der Waals surface area contributed by atoms with Crippen LogP contribution < -0.4 is 0 Å². The second-order valence-electron chi connectivity index (χ2n) is 5.49. The quantitative estimate of drug-likeness (QED) is 0.898. The largest absolute Gasteiger partial charge is 0.481 e. The van der Waals surface area contributed by atoms with Crippen molar-refractivity contribution in [3.63, 3.8) is 0 Å². The van der Waals surface area contributed by atoms with Crippen molar-refractivity contribution < 1.29 is 14.7 Å². The SMILES string of the molecule is CCCC1(C(=O)O)CCN(C(=O)c2cccn2CC)C1. The van der Waals surface area contributed by atoms with E-state index in [1.165, 1.54) is 0 Å². The average Bonchev–Trinajstić information content (AvgIpc) is 3.05. The summed E-state index contributed by atoms with van der Waals surface area (Å²) >= 11 is 0. The number of nitrogens with zero attached hydrogens (tertiary/aromatic N) is 2. The van der Waals surface area contributed by atoms with Gasteiger partial charge >= 0.3 is 5.97 Å². The van der Waals surface area contributed by atoms with Gasteiger partial charge < -0.3 is 14.6 Å². The first kappa shape index (κ1) is 14.6. The van der Waals surface area contributed by atoms with E-state index in [0.717, 1.165) is 13.0 Å². The van der Waals surface area contributed by atoms with E-state index in [-0.39, 0.29) is 5.91 Å². The van der Waals surface area contributed by atoms with Crippen LogP contribution in [0.25, 0.3) is 0 Å². The van der Waals surface area contributed by atoms with Crippen LogP contribution in [0, 0.1) is 5.41 Å². The summed E-state index contributed by atoms with van der Waals surface area (Å²) in [5.74, 6) is -0.836. The molecule has 0 radical (unpaired) electrons. The van der Waals surface area contributed by atoms with E-state index in [9.17, 15) is 14.7 Å². The fraction of sp³-hybridized carbons (Fsp3) is 0.600. The Morgan fingerprint density at radius 2 is 2.15 bits per heavy atom. The number of rotatable bonds is 5. The van der Waals surface area contributed by atoms with E-state index in [1.54, 1.807) is 11.0 Å². The summed E-state index contributed by atoms with van der Waals surface area (Å²) in [7, 11) is 0. The lowest BCUT2D eigenvalue weighted by molar-refractivity contribution is -0.148. The van der Waals surface area contributed by atoms with Gasteiger partial charge in [-0.05, 0) is 31.9 Å². The van der Waals surface area contributed by atoms with E-state index in [2.05, 4.69) is 0 Å². The first-order chi connectivity index (χ1) is 9.54. The molecular formula is C15H22N2O3. The number of aryl methyl sites for hydroxylation is 1. The fourth-order valence-corrected chi connectivity index (χ4v) is 3.06. The maximum Gasteiger partial charge on any atom is 0.311 e. The number of carboxylic acids is 1. The number of amides is 1. The minimum absolute atomic E-state index is 0.0592. The standard InChI is InChI=1S/C15H22N2O3/c1-3-7-15(14(19)20)8-10-17(11-15)13(18)12-6-5-9-16(12)4-2/h5-6,9H,3-4,7-8,10-11H2,1-2H3,(H,19,20). The van der Waals surface area contributed by atoms with Gasteiger partial charge in [-0.15, -0.1) is 0 Å². The lowest BCUT2D eigenvalue weighted by Gasteiger charge is -2.24. The zero-order chi connectivity index (χ0) is 14.8. The van der Waals surface area contributed by atoms with E-state index in [4.69, 9.17) is 0 Å². The molecule has 20 heavy (non-hydrogen) atoms. The number of likely N-dealkylation sites (tertiary alicyclic amines) is 1. The number of carboxylic acid groups (broad SMARTS) is 1. The number of aliphatic carboxylic acids is 1. The van der Waals surface area contributed by atoms with Crippen molar-refractivity contribution in [1.82, 2.24) is 9.47 Å². The van der Waals surface area contributed by atoms with Gasteiger partial charge in [-0.3, -0.25) is 9.59 Å². The molecule has 1 N–H and O–H groups in total. The third-order valence-electron chi connectivity index (χ3n) is 4.21. The van der Waals surface area contributed by atoms with Gasteiger partial charge in [0, 0.05) is 25.8 Å². The Labute approximate surface area is 119 Å². The molecule has 0 aliphatic carbocycles. The highest BCUT2D eigenvalue weighted by Gasteiger charge is 2.45. The molecule has 0 spiro atoms. The summed E-state index contributed by atoms with van der Waals surface area (Å²) in [5.41, 5.74) is -0.112. The van der Waals surface area contributed by atoms with Crippen LogP contribution in [0.2, 0.25) is 0 Å². The zero-order valence-corrected chi connectivity index (χ0v) is 12.1. The smallest absolute Gasteiger partial charge is 0.311 e. The van der Waals surface area contributed by atoms with Gasteiger partial charge in [0.25, 0.3) is 5.91 Å². The van der Waals surface area contributed by atoms with Crippen molar-refractivity contribution in [3.8, 4) is 0 Å². The molecule has 0 bridgehead atoms. The molecule has 1 aliphatic rings. The Hall–Kier alpha value is -1.78. The molecule has 1 amide bonds. The normalized spacial score (nSPS) is 22.2. The van der Waals surface area contributed by atoms with E-state index >= 15 is 0 Å². The number of hydrogen-bond donors (Lipinski definition) is 1. The van der Waals surface area contributed by atoms with Gasteiger partial charge in [0.1, 0.15) is 5.69 Å². The second kappa shape index (κ2) is 5.69.